The lowest BCUT2D eigenvalue weighted by molar-refractivity contribution is -0.122. The quantitative estimate of drug-likeness (QED) is 0.840. The topological polar surface area (TPSA) is 50.4 Å². The van der Waals surface area contributed by atoms with Crippen LogP contribution in [-0.4, -0.2) is 25.1 Å². The molecule has 124 valence electrons. The number of carbonyl (C=O) groups is 1. The molecular formula is C15H21ClF2N2O2. The van der Waals surface area contributed by atoms with E-state index >= 15 is 0 Å². The van der Waals surface area contributed by atoms with Gasteiger partial charge in [-0.15, -0.1) is 12.4 Å². The Bertz CT molecular complexity index is 482. The normalized spacial score (nSPS) is 18.6. The van der Waals surface area contributed by atoms with Crippen LogP contribution in [0.5, 0.6) is 5.75 Å². The SMILES string of the molecule is CC(NC(=O)CC1CCCN1)c1ccccc1OC(F)F.Cl. The highest BCUT2D eigenvalue weighted by atomic mass is 35.5. The van der Waals surface area contributed by atoms with Gasteiger partial charge in [0, 0.05) is 18.0 Å². The number of amides is 1. The van der Waals surface area contributed by atoms with Gasteiger partial charge < -0.3 is 15.4 Å². The highest BCUT2D eigenvalue weighted by Gasteiger charge is 2.20. The van der Waals surface area contributed by atoms with Gasteiger partial charge in [-0.1, -0.05) is 18.2 Å². The third-order valence-electron chi connectivity index (χ3n) is 3.57. The second-order valence-electron chi connectivity index (χ2n) is 5.20. The summed E-state index contributed by atoms with van der Waals surface area (Å²) in [6.45, 7) is -0.177. The Hall–Kier alpha value is -1.40. The summed E-state index contributed by atoms with van der Waals surface area (Å²) in [7, 11) is 0. The molecule has 0 saturated carbocycles. The Morgan fingerprint density at radius 1 is 1.45 bits per heavy atom. The Morgan fingerprint density at radius 3 is 2.82 bits per heavy atom. The van der Waals surface area contributed by atoms with E-state index in [0.29, 0.717) is 12.0 Å². The van der Waals surface area contributed by atoms with Gasteiger partial charge in [-0.25, -0.2) is 0 Å². The molecule has 0 aliphatic carbocycles. The standard InChI is InChI=1S/C15H20F2N2O2.ClH/c1-10(19-14(20)9-11-5-4-8-18-11)12-6-2-3-7-13(12)21-15(16)17;/h2-3,6-7,10-11,15,18H,4-5,8-9H2,1H3,(H,19,20);1H. The molecule has 2 rings (SSSR count). The molecule has 1 aliphatic heterocycles. The third-order valence-corrected chi connectivity index (χ3v) is 3.57. The van der Waals surface area contributed by atoms with Crippen LogP contribution in [0.4, 0.5) is 8.78 Å². The Balaban J connectivity index is 0.00000242. The van der Waals surface area contributed by atoms with Crippen molar-refractivity contribution in [3.05, 3.63) is 29.8 Å². The first kappa shape index (κ1) is 18.6. The maximum atomic E-state index is 12.4. The zero-order valence-corrected chi connectivity index (χ0v) is 13.2. The van der Waals surface area contributed by atoms with Gasteiger partial charge in [0.25, 0.3) is 0 Å². The zero-order chi connectivity index (χ0) is 15.2. The second-order valence-corrected chi connectivity index (χ2v) is 5.20. The van der Waals surface area contributed by atoms with Crippen molar-refractivity contribution in [1.29, 1.82) is 0 Å². The van der Waals surface area contributed by atoms with Gasteiger partial charge >= 0.3 is 6.61 Å². The van der Waals surface area contributed by atoms with Crippen molar-refractivity contribution in [1.82, 2.24) is 10.6 Å². The summed E-state index contributed by atoms with van der Waals surface area (Å²) >= 11 is 0. The number of rotatable bonds is 6. The van der Waals surface area contributed by atoms with E-state index in [9.17, 15) is 13.6 Å². The first-order chi connectivity index (χ1) is 10.1. The van der Waals surface area contributed by atoms with E-state index in [4.69, 9.17) is 0 Å². The minimum Gasteiger partial charge on any atom is -0.434 e. The lowest BCUT2D eigenvalue weighted by Crippen LogP contribution is -2.33. The number of ether oxygens (including phenoxy) is 1. The number of para-hydroxylation sites is 1. The molecule has 7 heteroatoms. The van der Waals surface area contributed by atoms with Crippen molar-refractivity contribution in [2.24, 2.45) is 0 Å². The predicted molar refractivity (Wildman–Crippen MR) is 82.5 cm³/mol. The molecule has 2 unspecified atom stereocenters. The number of halogens is 3. The first-order valence-electron chi connectivity index (χ1n) is 7.12. The number of hydrogen-bond donors (Lipinski definition) is 2. The van der Waals surface area contributed by atoms with Crippen molar-refractivity contribution < 1.29 is 18.3 Å². The van der Waals surface area contributed by atoms with Crippen molar-refractivity contribution in [2.45, 2.75) is 44.9 Å². The summed E-state index contributed by atoms with van der Waals surface area (Å²) in [4.78, 5) is 12.0. The molecule has 2 atom stereocenters. The molecule has 4 nitrogen and oxygen atoms in total. The zero-order valence-electron chi connectivity index (χ0n) is 12.4. The fraction of sp³-hybridized carbons (Fsp3) is 0.533. The molecule has 0 bridgehead atoms. The van der Waals surface area contributed by atoms with Gasteiger partial charge in [0.15, 0.2) is 0 Å². The van der Waals surface area contributed by atoms with Crippen LogP contribution in [-0.2, 0) is 4.79 Å². The summed E-state index contributed by atoms with van der Waals surface area (Å²) < 4.78 is 29.2. The molecule has 0 spiro atoms. The molecule has 1 aromatic carbocycles. The van der Waals surface area contributed by atoms with Gasteiger partial charge in [-0.05, 0) is 32.4 Å². The number of benzene rings is 1. The second kappa shape index (κ2) is 8.90. The van der Waals surface area contributed by atoms with Crippen molar-refractivity contribution >= 4 is 18.3 Å². The minimum absolute atomic E-state index is 0. The van der Waals surface area contributed by atoms with Crippen molar-refractivity contribution in [2.75, 3.05) is 6.54 Å². The lowest BCUT2D eigenvalue weighted by Gasteiger charge is -2.19. The van der Waals surface area contributed by atoms with Gasteiger partial charge in [-0.3, -0.25) is 4.79 Å². The summed E-state index contributed by atoms with van der Waals surface area (Å²) in [6.07, 6.45) is 2.48. The molecule has 2 N–H and O–H groups in total. The Morgan fingerprint density at radius 2 is 2.18 bits per heavy atom. The van der Waals surface area contributed by atoms with Crippen LogP contribution in [0.2, 0.25) is 0 Å². The fourth-order valence-electron chi connectivity index (χ4n) is 2.57. The lowest BCUT2D eigenvalue weighted by atomic mass is 10.1. The molecule has 0 radical (unpaired) electrons. The summed E-state index contributed by atoms with van der Waals surface area (Å²) in [5, 5.41) is 6.09. The first-order valence-corrected chi connectivity index (χ1v) is 7.12. The van der Waals surface area contributed by atoms with E-state index in [-0.39, 0.29) is 36.1 Å². The van der Waals surface area contributed by atoms with Crippen molar-refractivity contribution in [3.8, 4) is 5.75 Å². The average molecular weight is 335 g/mol. The van der Waals surface area contributed by atoms with E-state index in [1.165, 1.54) is 6.07 Å². The van der Waals surface area contributed by atoms with Crippen molar-refractivity contribution in [3.63, 3.8) is 0 Å². The largest absolute Gasteiger partial charge is 0.434 e. The molecule has 1 heterocycles. The molecule has 1 aromatic rings. The van der Waals surface area contributed by atoms with Gasteiger partial charge in [-0.2, -0.15) is 8.78 Å². The van der Waals surface area contributed by atoms with Crippen LogP contribution < -0.4 is 15.4 Å². The highest BCUT2D eigenvalue weighted by molar-refractivity contribution is 5.85. The minimum atomic E-state index is -2.88. The van der Waals surface area contributed by atoms with Gasteiger partial charge in [0.1, 0.15) is 5.75 Å². The van der Waals surface area contributed by atoms with Crippen LogP contribution in [0.1, 0.15) is 37.8 Å². The number of hydrogen-bond acceptors (Lipinski definition) is 3. The van der Waals surface area contributed by atoms with E-state index in [1.54, 1.807) is 25.1 Å². The van der Waals surface area contributed by atoms with Crippen LogP contribution in [0.3, 0.4) is 0 Å². The smallest absolute Gasteiger partial charge is 0.387 e. The molecule has 1 aliphatic rings. The average Bonchev–Trinajstić information content (AvgIpc) is 2.91. The maximum Gasteiger partial charge on any atom is 0.387 e. The van der Waals surface area contributed by atoms with Crippen LogP contribution in [0.15, 0.2) is 24.3 Å². The third kappa shape index (κ3) is 5.42. The van der Waals surface area contributed by atoms with E-state index in [1.807, 2.05) is 0 Å². The number of alkyl halides is 2. The molecular weight excluding hydrogens is 314 g/mol. The van der Waals surface area contributed by atoms with E-state index in [2.05, 4.69) is 15.4 Å². The molecule has 1 amide bonds. The van der Waals surface area contributed by atoms with Crippen LogP contribution >= 0.6 is 12.4 Å². The predicted octanol–water partition coefficient (Wildman–Crippen LogP) is 3.03. The summed E-state index contributed by atoms with van der Waals surface area (Å²) in [6, 6.07) is 6.34. The van der Waals surface area contributed by atoms with Crippen LogP contribution in [0.25, 0.3) is 0 Å². The van der Waals surface area contributed by atoms with E-state index in [0.717, 1.165) is 19.4 Å². The van der Waals surface area contributed by atoms with Gasteiger partial charge in [0.2, 0.25) is 5.91 Å². The number of nitrogens with one attached hydrogen (secondary N) is 2. The monoisotopic (exact) mass is 334 g/mol. The number of carbonyl (C=O) groups excluding carboxylic acids is 1. The molecule has 1 saturated heterocycles. The maximum absolute atomic E-state index is 12.4. The molecule has 1 fully saturated rings. The van der Waals surface area contributed by atoms with Gasteiger partial charge in [0.05, 0.1) is 6.04 Å². The Labute approximate surface area is 135 Å². The molecule has 0 aromatic heterocycles. The highest BCUT2D eigenvalue weighted by Crippen LogP contribution is 2.26. The fourth-order valence-corrected chi connectivity index (χ4v) is 2.57. The summed E-state index contributed by atoms with van der Waals surface area (Å²) in [5.74, 6) is 0.00745. The molecule has 22 heavy (non-hydrogen) atoms. The summed E-state index contributed by atoms with van der Waals surface area (Å²) in [5.41, 5.74) is 0.547. The Kier molecular flexibility index (Phi) is 7.55. The van der Waals surface area contributed by atoms with E-state index < -0.39 is 6.61 Å². The van der Waals surface area contributed by atoms with Crippen LogP contribution in [0, 0.1) is 0 Å².